The van der Waals surface area contributed by atoms with Crippen molar-refractivity contribution in [2.45, 2.75) is 19.9 Å². The summed E-state index contributed by atoms with van der Waals surface area (Å²) in [4.78, 5) is 2.15. The minimum absolute atomic E-state index is 0.503. The fraction of sp³-hybridized carbons (Fsp3) is 0.538. The summed E-state index contributed by atoms with van der Waals surface area (Å²) in [7, 11) is 4.13. The number of nitrogens with zero attached hydrogens (tertiary/aromatic N) is 1. The van der Waals surface area contributed by atoms with E-state index in [0.29, 0.717) is 6.54 Å². The Kier molecular flexibility index (Phi) is 5.95. The fourth-order valence-electron chi connectivity index (χ4n) is 1.71. The van der Waals surface area contributed by atoms with Gasteiger partial charge in [0.1, 0.15) is 5.75 Å². The molecule has 0 saturated carbocycles. The zero-order chi connectivity index (χ0) is 12.8. The van der Waals surface area contributed by atoms with Gasteiger partial charge in [-0.15, -0.1) is 0 Å². The molecule has 17 heavy (non-hydrogen) atoms. The third kappa shape index (κ3) is 4.66. The highest BCUT2D eigenvalue weighted by Gasteiger charge is 2.07. The van der Waals surface area contributed by atoms with Crippen LogP contribution in [0.15, 0.2) is 16.6 Å². The molecule has 1 aromatic rings. The van der Waals surface area contributed by atoms with E-state index >= 15 is 0 Å². The maximum atomic E-state index is 5.84. The van der Waals surface area contributed by atoms with Crippen LogP contribution in [0.3, 0.4) is 0 Å². The van der Waals surface area contributed by atoms with Gasteiger partial charge in [0, 0.05) is 23.1 Å². The van der Waals surface area contributed by atoms with E-state index in [4.69, 9.17) is 10.5 Å². The summed E-state index contributed by atoms with van der Waals surface area (Å²) in [6.45, 7) is 4.32. The van der Waals surface area contributed by atoms with Gasteiger partial charge in [-0.2, -0.15) is 0 Å². The number of ether oxygens (including phenoxy) is 1. The number of benzene rings is 1. The number of nitrogens with two attached hydrogens (primary N) is 1. The van der Waals surface area contributed by atoms with Crippen LogP contribution in [0.5, 0.6) is 5.75 Å². The molecule has 0 aliphatic heterocycles. The topological polar surface area (TPSA) is 38.5 Å². The molecule has 1 rings (SSSR count). The molecule has 0 aliphatic rings. The lowest BCUT2D eigenvalue weighted by Gasteiger charge is -2.15. The number of hydrogen-bond donors (Lipinski definition) is 1. The molecule has 0 atom stereocenters. The van der Waals surface area contributed by atoms with Crippen LogP contribution in [-0.2, 0) is 6.54 Å². The Morgan fingerprint density at radius 1 is 1.35 bits per heavy atom. The van der Waals surface area contributed by atoms with Gasteiger partial charge in [-0.05, 0) is 45.1 Å². The van der Waals surface area contributed by atoms with E-state index in [1.807, 2.05) is 13.0 Å². The predicted octanol–water partition coefficient (Wildman–Crippen LogP) is 2.55. The SMILES string of the molecule is Cc1cc(Br)cc(CN)c1OCCCN(C)C. The first-order chi connectivity index (χ1) is 8.04. The molecule has 0 bridgehead atoms. The van der Waals surface area contributed by atoms with Crippen LogP contribution in [0.2, 0.25) is 0 Å². The minimum Gasteiger partial charge on any atom is -0.493 e. The summed E-state index contributed by atoms with van der Waals surface area (Å²) >= 11 is 3.47. The van der Waals surface area contributed by atoms with Gasteiger partial charge < -0.3 is 15.4 Å². The van der Waals surface area contributed by atoms with Crippen molar-refractivity contribution in [3.63, 3.8) is 0 Å². The largest absolute Gasteiger partial charge is 0.493 e. The lowest BCUT2D eigenvalue weighted by molar-refractivity contribution is 0.278. The summed E-state index contributed by atoms with van der Waals surface area (Å²) in [5.74, 6) is 0.939. The third-order valence-electron chi connectivity index (χ3n) is 2.53. The van der Waals surface area contributed by atoms with Crippen LogP contribution in [0.4, 0.5) is 0 Å². The van der Waals surface area contributed by atoms with Crippen molar-refractivity contribution in [2.75, 3.05) is 27.2 Å². The van der Waals surface area contributed by atoms with Crippen LogP contribution in [0.25, 0.3) is 0 Å². The summed E-state index contributed by atoms with van der Waals surface area (Å²) in [6.07, 6.45) is 1.02. The first-order valence-electron chi connectivity index (χ1n) is 5.81. The molecular formula is C13H21BrN2O. The Labute approximate surface area is 112 Å². The highest BCUT2D eigenvalue weighted by molar-refractivity contribution is 9.10. The Morgan fingerprint density at radius 3 is 2.65 bits per heavy atom. The standard InChI is InChI=1S/C13H21BrN2O/c1-10-7-12(14)8-11(9-15)13(10)17-6-4-5-16(2)3/h7-8H,4-6,9,15H2,1-3H3. The molecular weight excluding hydrogens is 280 g/mol. The Hall–Kier alpha value is -0.580. The minimum atomic E-state index is 0.503. The van der Waals surface area contributed by atoms with Gasteiger partial charge in [-0.25, -0.2) is 0 Å². The van der Waals surface area contributed by atoms with Gasteiger partial charge in [0.15, 0.2) is 0 Å². The summed E-state index contributed by atoms with van der Waals surface area (Å²) in [6, 6.07) is 4.08. The zero-order valence-corrected chi connectivity index (χ0v) is 12.4. The van der Waals surface area contributed by atoms with E-state index in [9.17, 15) is 0 Å². The maximum absolute atomic E-state index is 5.84. The van der Waals surface area contributed by atoms with Crippen LogP contribution in [-0.4, -0.2) is 32.1 Å². The van der Waals surface area contributed by atoms with Gasteiger partial charge in [-0.1, -0.05) is 15.9 Å². The molecule has 0 amide bonds. The Morgan fingerprint density at radius 2 is 2.06 bits per heavy atom. The summed E-state index contributed by atoms with van der Waals surface area (Å²) in [5.41, 5.74) is 7.92. The van der Waals surface area contributed by atoms with Gasteiger partial charge in [-0.3, -0.25) is 0 Å². The van der Waals surface area contributed by atoms with E-state index in [0.717, 1.165) is 40.9 Å². The molecule has 3 nitrogen and oxygen atoms in total. The second kappa shape index (κ2) is 6.99. The molecule has 2 N–H and O–H groups in total. The molecule has 0 radical (unpaired) electrons. The molecule has 0 heterocycles. The fourth-order valence-corrected chi connectivity index (χ4v) is 2.33. The average Bonchev–Trinajstić information content (AvgIpc) is 2.25. The van der Waals surface area contributed by atoms with Gasteiger partial charge in [0.2, 0.25) is 0 Å². The summed E-state index contributed by atoms with van der Waals surface area (Å²) in [5, 5.41) is 0. The van der Waals surface area contributed by atoms with Gasteiger partial charge in [0.05, 0.1) is 6.61 Å². The highest BCUT2D eigenvalue weighted by Crippen LogP contribution is 2.27. The normalized spacial score (nSPS) is 10.9. The summed E-state index contributed by atoms with van der Waals surface area (Å²) < 4.78 is 6.89. The van der Waals surface area contributed by atoms with Crippen molar-refractivity contribution < 1.29 is 4.74 Å². The third-order valence-corrected chi connectivity index (χ3v) is 2.99. The Bertz CT molecular complexity index is 367. The highest BCUT2D eigenvalue weighted by atomic mass is 79.9. The molecule has 0 unspecified atom stereocenters. The quantitative estimate of drug-likeness (QED) is 0.821. The van der Waals surface area contributed by atoms with E-state index in [2.05, 4.69) is 41.0 Å². The molecule has 0 spiro atoms. The molecule has 1 aromatic carbocycles. The van der Waals surface area contributed by atoms with E-state index in [-0.39, 0.29) is 0 Å². The lowest BCUT2D eigenvalue weighted by atomic mass is 10.1. The predicted molar refractivity (Wildman–Crippen MR) is 75.4 cm³/mol. The number of hydrogen-bond acceptors (Lipinski definition) is 3. The van der Waals surface area contributed by atoms with Crippen molar-refractivity contribution in [3.8, 4) is 5.75 Å². The van der Waals surface area contributed by atoms with Crippen molar-refractivity contribution in [1.29, 1.82) is 0 Å². The zero-order valence-electron chi connectivity index (χ0n) is 10.8. The van der Waals surface area contributed by atoms with Crippen LogP contribution in [0.1, 0.15) is 17.5 Å². The molecule has 0 saturated heterocycles. The molecule has 0 aromatic heterocycles. The van der Waals surface area contributed by atoms with Crippen molar-refractivity contribution in [3.05, 3.63) is 27.7 Å². The Balaban J connectivity index is 2.63. The molecule has 4 heteroatoms. The number of halogens is 1. The van der Waals surface area contributed by atoms with E-state index < -0.39 is 0 Å². The first-order valence-corrected chi connectivity index (χ1v) is 6.60. The maximum Gasteiger partial charge on any atom is 0.126 e. The van der Waals surface area contributed by atoms with Crippen LogP contribution >= 0.6 is 15.9 Å². The first kappa shape index (κ1) is 14.5. The smallest absolute Gasteiger partial charge is 0.126 e. The van der Waals surface area contributed by atoms with Gasteiger partial charge >= 0.3 is 0 Å². The number of rotatable bonds is 6. The van der Waals surface area contributed by atoms with Crippen molar-refractivity contribution in [2.24, 2.45) is 5.73 Å². The second-order valence-corrected chi connectivity index (χ2v) is 5.34. The molecule has 0 fully saturated rings. The molecule has 0 aliphatic carbocycles. The van der Waals surface area contributed by atoms with Gasteiger partial charge in [0.25, 0.3) is 0 Å². The molecule has 96 valence electrons. The second-order valence-electron chi connectivity index (χ2n) is 4.42. The van der Waals surface area contributed by atoms with Crippen LogP contribution < -0.4 is 10.5 Å². The lowest BCUT2D eigenvalue weighted by Crippen LogP contribution is -2.16. The van der Waals surface area contributed by atoms with E-state index in [1.165, 1.54) is 0 Å². The van der Waals surface area contributed by atoms with Crippen molar-refractivity contribution in [1.82, 2.24) is 4.90 Å². The number of aryl methyl sites for hydroxylation is 1. The van der Waals surface area contributed by atoms with Crippen LogP contribution in [0, 0.1) is 6.92 Å². The van der Waals surface area contributed by atoms with Crippen molar-refractivity contribution >= 4 is 15.9 Å². The monoisotopic (exact) mass is 300 g/mol. The average molecular weight is 301 g/mol. The van der Waals surface area contributed by atoms with E-state index in [1.54, 1.807) is 0 Å².